The third-order valence-electron chi connectivity index (χ3n) is 5.43. The lowest BCUT2D eigenvalue weighted by Crippen LogP contribution is -2.65. The highest BCUT2D eigenvalue weighted by atomic mass is 28.4. The Kier molecular flexibility index (Phi) is 7.39. The molecule has 0 aromatic heterocycles. The molecule has 0 unspecified atom stereocenters. The lowest BCUT2D eigenvalue weighted by atomic mass is 10.0. The smallest absolute Gasteiger partial charge is 0.258 e. The minimum absolute atomic E-state index is 0.117. The van der Waals surface area contributed by atoms with Gasteiger partial charge in [0.15, 0.2) is 0 Å². The van der Waals surface area contributed by atoms with Gasteiger partial charge in [-0.1, -0.05) is 92.6 Å². The van der Waals surface area contributed by atoms with E-state index in [2.05, 4.69) is 45.0 Å². The Morgan fingerprint density at radius 2 is 1.42 bits per heavy atom. The molecule has 2 nitrogen and oxygen atoms in total. The molecule has 0 bridgehead atoms. The summed E-state index contributed by atoms with van der Waals surface area (Å²) in [4.78, 5) is 12.1. The van der Waals surface area contributed by atoms with Gasteiger partial charge in [-0.2, -0.15) is 0 Å². The van der Waals surface area contributed by atoms with E-state index in [0.29, 0.717) is 0 Å². The van der Waals surface area contributed by atoms with Crippen LogP contribution in [0.5, 0.6) is 0 Å². The second kappa shape index (κ2) is 9.31. The molecule has 3 heteroatoms. The Balaban J connectivity index is 2.23. The van der Waals surface area contributed by atoms with Crippen molar-refractivity contribution in [3.05, 3.63) is 72.3 Å². The SMILES string of the molecule is C/C(=C\CO)CCCCC(C)(C)[Si](O)(c1ccccc1)c1ccccc1. The van der Waals surface area contributed by atoms with Crippen LogP contribution in [0.15, 0.2) is 72.3 Å². The van der Waals surface area contributed by atoms with E-state index in [1.54, 1.807) is 0 Å². The summed E-state index contributed by atoms with van der Waals surface area (Å²) in [5.74, 6) is 0. The van der Waals surface area contributed by atoms with Crippen LogP contribution in [0, 0.1) is 0 Å². The Hall–Kier alpha value is -1.68. The molecule has 0 radical (unpaired) electrons. The molecule has 0 saturated carbocycles. The molecule has 2 aromatic rings. The van der Waals surface area contributed by atoms with Crippen molar-refractivity contribution < 1.29 is 9.90 Å². The van der Waals surface area contributed by atoms with Gasteiger partial charge in [0.05, 0.1) is 6.61 Å². The van der Waals surface area contributed by atoms with Gasteiger partial charge in [-0.05, 0) is 41.6 Å². The van der Waals surface area contributed by atoms with Crippen molar-refractivity contribution in [1.82, 2.24) is 0 Å². The molecule has 0 amide bonds. The maximum absolute atomic E-state index is 12.1. The van der Waals surface area contributed by atoms with Crippen molar-refractivity contribution in [3.63, 3.8) is 0 Å². The summed E-state index contributed by atoms with van der Waals surface area (Å²) >= 11 is 0. The summed E-state index contributed by atoms with van der Waals surface area (Å²) in [6.45, 7) is 6.62. The summed E-state index contributed by atoms with van der Waals surface area (Å²) in [6, 6.07) is 20.4. The van der Waals surface area contributed by atoms with Crippen LogP contribution in [0.2, 0.25) is 5.04 Å². The van der Waals surface area contributed by atoms with Gasteiger partial charge in [0.1, 0.15) is 0 Å². The zero-order valence-corrected chi connectivity index (χ0v) is 17.3. The van der Waals surface area contributed by atoms with E-state index in [1.807, 2.05) is 42.5 Å². The van der Waals surface area contributed by atoms with Gasteiger partial charge in [-0.15, -0.1) is 0 Å². The third kappa shape index (κ3) is 4.73. The van der Waals surface area contributed by atoms with Crippen LogP contribution in [0.1, 0.15) is 46.5 Å². The van der Waals surface area contributed by atoms with Crippen molar-refractivity contribution in [3.8, 4) is 0 Å². The quantitative estimate of drug-likeness (QED) is 0.399. The van der Waals surface area contributed by atoms with E-state index in [9.17, 15) is 4.80 Å². The van der Waals surface area contributed by atoms with Crippen molar-refractivity contribution >= 4 is 18.7 Å². The summed E-state index contributed by atoms with van der Waals surface area (Å²) in [7, 11) is -2.88. The molecule has 0 atom stereocenters. The molecule has 140 valence electrons. The largest absolute Gasteiger partial charge is 0.424 e. The average Bonchev–Trinajstić information content (AvgIpc) is 2.66. The van der Waals surface area contributed by atoms with Crippen LogP contribution in [0.4, 0.5) is 0 Å². The van der Waals surface area contributed by atoms with Crippen LogP contribution < -0.4 is 10.4 Å². The molecular weight excluding hydrogens is 336 g/mol. The second-order valence-electron chi connectivity index (χ2n) is 7.77. The normalized spacial score (nSPS) is 13.0. The Morgan fingerprint density at radius 1 is 0.923 bits per heavy atom. The number of allylic oxidation sites excluding steroid dienone is 1. The molecule has 2 rings (SSSR count). The van der Waals surface area contributed by atoms with Crippen molar-refractivity contribution in [1.29, 1.82) is 0 Å². The highest BCUT2D eigenvalue weighted by Gasteiger charge is 2.49. The first-order valence-corrected chi connectivity index (χ1v) is 11.5. The van der Waals surface area contributed by atoms with Crippen LogP contribution in [0.3, 0.4) is 0 Å². The summed E-state index contributed by atoms with van der Waals surface area (Å²) < 4.78 is 0. The van der Waals surface area contributed by atoms with Crippen molar-refractivity contribution in [2.45, 2.75) is 51.5 Å². The van der Waals surface area contributed by atoms with Gasteiger partial charge in [-0.25, -0.2) is 0 Å². The number of rotatable bonds is 9. The molecule has 0 heterocycles. The first-order chi connectivity index (χ1) is 12.4. The van der Waals surface area contributed by atoms with Gasteiger partial charge in [0.25, 0.3) is 8.32 Å². The molecule has 0 saturated heterocycles. The predicted molar refractivity (Wildman–Crippen MR) is 113 cm³/mol. The fraction of sp³-hybridized carbons (Fsp3) is 0.391. The topological polar surface area (TPSA) is 40.5 Å². The maximum atomic E-state index is 12.1. The van der Waals surface area contributed by atoms with E-state index in [4.69, 9.17) is 5.11 Å². The van der Waals surface area contributed by atoms with Crippen LogP contribution in [-0.2, 0) is 0 Å². The van der Waals surface area contributed by atoms with E-state index >= 15 is 0 Å². The lowest BCUT2D eigenvalue weighted by Gasteiger charge is -2.41. The zero-order chi connectivity index (χ0) is 19.0. The van der Waals surface area contributed by atoms with Gasteiger partial charge < -0.3 is 9.90 Å². The molecule has 2 N–H and O–H groups in total. The van der Waals surface area contributed by atoms with Gasteiger partial charge in [-0.3, -0.25) is 0 Å². The Labute approximate surface area is 159 Å². The van der Waals surface area contributed by atoms with Crippen molar-refractivity contribution in [2.24, 2.45) is 0 Å². The van der Waals surface area contributed by atoms with Gasteiger partial charge in [0.2, 0.25) is 0 Å². The van der Waals surface area contributed by atoms with Crippen LogP contribution in [-0.4, -0.2) is 24.8 Å². The summed E-state index contributed by atoms with van der Waals surface area (Å²) in [6.07, 6.45) is 6.02. The molecule has 0 fully saturated rings. The van der Waals surface area contributed by atoms with E-state index in [-0.39, 0.29) is 11.6 Å². The number of benzene rings is 2. The second-order valence-corrected chi connectivity index (χ2v) is 11.7. The highest BCUT2D eigenvalue weighted by molar-refractivity contribution is 6.98. The Morgan fingerprint density at radius 3 is 1.88 bits per heavy atom. The van der Waals surface area contributed by atoms with Crippen LogP contribution >= 0.6 is 0 Å². The predicted octanol–water partition coefficient (Wildman–Crippen LogP) is 4.02. The molecule has 0 spiro atoms. The highest BCUT2D eigenvalue weighted by Crippen LogP contribution is 2.40. The maximum Gasteiger partial charge on any atom is 0.258 e. The van der Waals surface area contributed by atoms with E-state index < -0.39 is 8.32 Å². The van der Waals surface area contributed by atoms with Gasteiger partial charge >= 0.3 is 0 Å². The number of aliphatic hydroxyl groups is 1. The van der Waals surface area contributed by atoms with Crippen LogP contribution in [0.25, 0.3) is 0 Å². The molecular formula is C23H32O2Si. The summed E-state index contributed by atoms with van der Waals surface area (Å²) in [5.41, 5.74) is 1.24. The lowest BCUT2D eigenvalue weighted by molar-refractivity contribution is 0.341. The minimum Gasteiger partial charge on any atom is -0.424 e. The van der Waals surface area contributed by atoms with Gasteiger partial charge in [0, 0.05) is 0 Å². The summed E-state index contributed by atoms with van der Waals surface area (Å²) in [5, 5.41) is 11.0. The monoisotopic (exact) mass is 368 g/mol. The van der Waals surface area contributed by atoms with E-state index in [0.717, 1.165) is 36.1 Å². The standard InChI is InChI=1S/C23H32O2Si/c1-20(17-19-24)12-10-11-18-23(2,3)26(25,21-13-6-4-7-14-21)22-15-8-5-9-16-22/h4-9,13-17,24-25H,10-12,18-19H2,1-3H3/b20-17+. The first-order valence-electron chi connectivity index (χ1n) is 9.52. The molecule has 0 aliphatic rings. The molecule has 0 aliphatic carbocycles. The fourth-order valence-electron chi connectivity index (χ4n) is 3.72. The molecule has 2 aromatic carbocycles. The zero-order valence-electron chi connectivity index (χ0n) is 16.3. The number of aliphatic hydroxyl groups excluding tert-OH is 1. The van der Waals surface area contributed by atoms with E-state index in [1.165, 1.54) is 5.57 Å². The third-order valence-corrected chi connectivity index (χ3v) is 9.97. The molecule has 26 heavy (non-hydrogen) atoms. The minimum atomic E-state index is -2.88. The fourth-order valence-corrected chi connectivity index (χ4v) is 7.50. The first kappa shape index (κ1) is 20.6. The average molecular weight is 369 g/mol. The number of hydrogen-bond donors (Lipinski definition) is 2. The number of hydrogen-bond acceptors (Lipinski definition) is 2. The number of unbranched alkanes of at least 4 members (excludes halogenated alkanes) is 1. The molecule has 0 aliphatic heterocycles. The van der Waals surface area contributed by atoms with Crippen molar-refractivity contribution in [2.75, 3.05) is 6.61 Å². The Bertz CT molecular complexity index is 653.